The molecule has 3 rings (SSSR count). The number of urea groups is 1. The van der Waals surface area contributed by atoms with Crippen LogP contribution in [-0.4, -0.2) is 24.5 Å². The molecule has 1 heterocycles. The summed E-state index contributed by atoms with van der Waals surface area (Å²) in [7, 11) is 0. The molecule has 1 aliphatic heterocycles. The van der Waals surface area contributed by atoms with Gasteiger partial charge in [-0.15, -0.1) is 0 Å². The van der Waals surface area contributed by atoms with Gasteiger partial charge in [-0.3, -0.25) is 14.9 Å². The van der Waals surface area contributed by atoms with Crippen molar-refractivity contribution in [3.63, 3.8) is 0 Å². The molecule has 0 bridgehead atoms. The lowest BCUT2D eigenvalue weighted by Gasteiger charge is -2.27. The third-order valence-corrected chi connectivity index (χ3v) is 5.37. The Labute approximate surface area is 188 Å². The Bertz CT molecular complexity index is 1050. The van der Waals surface area contributed by atoms with E-state index in [1.165, 1.54) is 12.1 Å². The van der Waals surface area contributed by atoms with E-state index < -0.39 is 17.8 Å². The largest absolute Gasteiger partial charge is 0.487 e. The van der Waals surface area contributed by atoms with E-state index in [0.717, 1.165) is 4.90 Å². The van der Waals surface area contributed by atoms with Crippen molar-refractivity contribution in [3.8, 4) is 5.75 Å². The second-order valence-electron chi connectivity index (χ2n) is 5.82. The van der Waals surface area contributed by atoms with Gasteiger partial charge in [-0.05, 0) is 67.8 Å². The average Bonchev–Trinajstić information content (AvgIpc) is 2.66. The van der Waals surface area contributed by atoms with E-state index in [9.17, 15) is 14.4 Å². The highest BCUT2D eigenvalue weighted by molar-refractivity contribution is 9.11. The van der Waals surface area contributed by atoms with E-state index in [2.05, 4.69) is 43.8 Å². The van der Waals surface area contributed by atoms with Crippen LogP contribution in [0.15, 0.2) is 63.6 Å². The van der Waals surface area contributed by atoms with Crippen LogP contribution in [0.4, 0.5) is 10.5 Å². The minimum absolute atomic E-state index is 0.186. The SMILES string of the molecule is C=CCOc1c(Br)cc(/C=C2\C(=O)NC(=O)N(c3ccccc3Cl)C2=O)cc1Br. The maximum Gasteiger partial charge on any atom is 0.335 e. The molecule has 0 aromatic heterocycles. The first-order valence-corrected chi connectivity index (χ1v) is 10.2. The molecular weight excluding hydrogens is 527 g/mol. The minimum atomic E-state index is -0.860. The predicted octanol–water partition coefficient (Wildman–Crippen LogP) is 5.10. The minimum Gasteiger partial charge on any atom is -0.487 e. The van der Waals surface area contributed by atoms with Gasteiger partial charge >= 0.3 is 6.03 Å². The number of carbonyl (C=O) groups excluding carboxylic acids is 3. The van der Waals surface area contributed by atoms with Crippen LogP contribution in [0.3, 0.4) is 0 Å². The molecule has 6 nitrogen and oxygen atoms in total. The molecule has 1 N–H and O–H groups in total. The Balaban J connectivity index is 2.01. The number of amides is 4. The van der Waals surface area contributed by atoms with Crippen molar-refractivity contribution in [2.75, 3.05) is 11.5 Å². The smallest absolute Gasteiger partial charge is 0.335 e. The zero-order valence-corrected chi connectivity index (χ0v) is 18.7. The van der Waals surface area contributed by atoms with Gasteiger partial charge in [-0.25, -0.2) is 9.69 Å². The van der Waals surface area contributed by atoms with Crippen LogP contribution in [0, 0.1) is 0 Å². The Kier molecular flexibility index (Phi) is 6.56. The van der Waals surface area contributed by atoms with Crippen molar-refractivity contribution < 1.29 is 19.1 Å². The number of carbonyl (C=O) groups is 3. The molecule has 0 saturated carbocycles. The number of benzene rings is 2. The van der Waals surface area contributed by atoms with Crippen LogP contribution in [-0.2, 0) is 9.59 Å². The highest BCUT2D eigenvalue weighted by Gasteiger charge is 2.37. The molecule has 1 fully saturated rings. The molecule has 0 atom stereocenters. The Morgan fingerprint density at radius 2 is 1.79 bits per heavy atom. The number of halogens is 3. The first kappa shape index (κ1) is 21.3. The van der Waals surface area contributed by atoms with Crippen LogP contribution in [0.2, 0.25) is 5.02 Å². The molecule has 4 amide bonds. The van der Waals surface area contributed by atoms with Gasteiger partial charge in [0.2, 0.25) is 0 Å². The van der Waals surface area contributed by atoms with Crippen LogP contribution in [0.25, 0.3) is 6.08 Å². The molecule has 1 aliphatic rings. The highest BCUT2D eigenvalue weighted by atomic mass is 79.9. The fraction of sp³-hybridized carbons (Fsp3) is 0.0500. The predicted molar refractivity (Wildman–Crippen MR) is 118 cm³/mol. The van der Waals surface area contributed by atoms with Crippen LogP contribution in [0.1, 0.15) is 5.56 Å². The lowest BCUT2D eigenvalue weighted by Crippen LogP contribution is -2.54. The second-order valence-corrected chi connectivity index (χ2v) is 7.94. The van der Waals surface area contributed by atoms with E-state index in [4.69, 9.17) is 16.3 Å². The van der Waals surface area contributed by atoms with Crippen molar-refractivity contribution in [1.82, 2.24) is 5.32 Å². The highest BCUT2D eigenvalue weighted by Crippen LogP contribution is 2.36. The number of hydrogen-bond donors (Lipinski definition) is 1. The van der Waals surface area contributed by atoms with Gasteiger partial charge < -0.3 is 4.74 Å². The van der Waals surface area contributed by atoms with Crippen LogP contribution >= 0.6 is 43.5 Å². The van der Waals surface area contributed by atoms with Gasteiger partial charge in [0.25, 0.3) is 11.8 Å². The maximum absolute atomic E-state index is 12.9. The summed E-state index contributed by atoms with van der Waals surface area (Å²) in [5.74, 6) is -1.01. The quantitative estimate of drug-likeness (QED) is 0.326. The van der Waals surface area contributed by atoms with Gasteiger partial charge in [-0.1, -0.05) is 36.4 Å². The lowest BCUT2D eigenvalue weighted by molar-refractivity contribution is -0.122. The molecule has 2 aromatic carbocycles. The standard InChI is InChI=1S/C20H13Br2ClN2O4/c1-2-7-29-17-13(21)9-11(10-14(17)22)8-12-18(26)24-20(28)25(19(12)27)16-6-4-3-5-15(16)23/h2-6,8-10H,1,7H2,(H,24,26,28)/b12-8+. The fourth-order valence-electron chi connectivity index (χ4n) is 2.62. The molecule has 0 spiro atoms. The van der Waals surface area contributed by atoms with Crippen molar-refractivity contribution in [3.05, 3.63) is 74.2 Å². The zero-order valence-electron chi connectivity index (χ0n) is 14.7. The Morgan fingerprint density at radius 3 is 2.41 bits per heavy atom. The summed E-state index contributed by atoms with van der Waals surface area (Å²) >= 11 is 12.9. The van der Waals surface area contributed by atoms with Gasteiger partial charge in [0.05, 0.1) is 19.7 Å². The summed E-state index contributed by atoms with van der Waals surface area (Å²) < 4.78 is 6.79. The number of nitrogens with zero attached hydrogens (tertiary/aromatic N) is 1. The number of ether oxygens (including phenoxy) is 1. The summed E-state index contributed by atoms with van der Waals surface area (Å²) in [5, 5.41) is 2.37. The molecule has 2 aromatic rings. The van der Waals surface area contributed by atoms with E-state index in [0.29, 0.717) is 26.9 Å². The molecule has 1 saturated heterocycles. The van der Waals surface area contributed by atoms with E-state index in [1.807, 2.05) is 0 Å². The van der Waals surface area contributed by atoms with Crippen LogP contribution < -0.4 is 15.0 Å². The number of para-hydroxylation sites is 1. The third kappa shape index (κ3) is 4.44. The van der Waals surface area contributed by atoms with E-state index >= 15 is 0 Å². The molecule has 0 aliphatic carbocycles. The Morgan fingerprint density at radius 1 is 1.14 bits per heavy atom. The summed E-state index contributed by atoms with van der Waals surface area (Å²) in [6, 6.07) is 8.89. The fourth-order valence-corrected chi connectivity index (χ4v) is 4.29. The lowest BCUT2D eigenvalue weighted by atomic mass is 10.1. The van der Waals surface area contributed by atoms with Gasteiger partial charge in [0, 0.05) is 0 Å². The zero-order chi connectivity index (χ0) is 21.1. The monoisotopic (exact) mass is 538 g/mol. The number of anilines is 1. The average molecular weight is 541 g/mol. The Hall–Kier alpha value is -2.42. The first-order valence-electron chi connectivity index (χ1n) is 8.22. The topological polar surface area (TPSA) is 75.7 Å². The number of nitrogens with one attached hydrogen (secondary N) is 1. The summed E-state index contributed by atoms with van der Waals surface area (Å²) in [5.41, 5.74) is 0.523. The summed E-state index contributed by atoms with van der Waals surface area (Å²) in [6.45, 7) is 3.92. The van der Waals surface area contributed by atoms with Gasteiger partial charge in [0.15, 0.2) is 0 Å². The summed E-state index contributed by atoms with van der Waals surface area (Å²) in [6.07, 6.45) is 3.00. The molecular formula is C20H13Br2ClN2O4. The van der Waals surface area contributed by atoms with E-state index in [1.54, 1.807) is 36.4 Å². The van der Waals surface area contributed by atoms with Crippen molar-refractivity contribution >= 4 is 73.1 Å². The number of barbiturate groups is 1. The van der Waals surface area contributed by atoms with Crippen molar-refractivity contribution in [1.29, 1.82) is 0 Å². The molecule has 9 heteroatoms. The number of imide groups is 2. The second kappa shape index (κ2) is 8.94. The van der Waals surface area contributed by atoms with Crippen molar-refractivity contribution in [2.24, 2.45) is 0 Å². The molecule has 148 valence electrons. The van der Waals surface area contributed by atoms with E-state index in [-0.39, 0.29) is 16.3 Å². The first-order chi connectivity index (χ1) is 13.8. The maximum atomic E-state index is 12.9. The molecule has 29 heavy (non-hydrogen) atoms. The van der Waals surface area contributed by atoms with Gasteiger partial charge in [-0.2, -0.15) is 0 Å². The normalized spacial score (nSPS) is 15.5. The molecule has 0 radical (unpaired) electrons. The summed E-state index contributed by atoms with van der Waals surface area (Å²) in [4.78, 5) is 38.4. The number of rotatable bonds is 5. The van der Waals surface area contributed by atoms with Gasteiger partial charge in [0.1, 0.15) is 17.9 Å². The molecule has 0 unspecified atom stereocenters. The number of hydrogen-bond acceptors (Lipinski definition) is 4. The van der Waals surface area contributed by atoms with Crippen molar-refractivity contribution in [2.45, 2.75) is 0 Å². The van der Waals surface area contributed by atoms with Crippen LogP contribution in [0.5, 0.6) is 5.75 Å². The third-order valence-electron chi connectivity index (χ3n) is 3.87.